The minimum Gasteiger partial charge on any atom is -0.339 e. The Labute approximate surface area is 124 Å². The Morgan fingerprint density at radius 1 is 0.955 bits per heavy atom. The molecule has 6 nitrogen and oxygen atoms in total. The van der Waals surface area contributed by atoms with Crippen LogP contribution in [0.1, 0.15) is 5.56 Å². The third kappa shape index (κ3) is 4.58. The summed E-state index contributed by atoms with van der Waals surface area (Å²) in [7, 11) is -3.45. The van der Waals surface area contributed by atoms with Gasteiger partial charge in [0.15, 0.2) is 11.6 Å². The van der Waals surface area contributed by atoms with Crippen molar-refractivity contribution in [3.8, 4) is 0 Å². The number of nitrogens with zero attached hydrogens (tertiary/aromatic N) is 2. The Morgan fingerprint density at radius 2 is 1.50 bits per heavy atom. The third-order valence-corrected chi connectivity index (χ3v) is 3.02. The van der Waals surface area contributed by atoms with Gasteiger partial charge in [0.1, 0.15) is 0 Å². The molecule has 1 aromatic carbocycles. The molecule has 0 unspecified atom stereocenters. The molecule has 1 aromatic heterocycles. The number of sulfonamides is 1. The average Bonchev–Trinajstić information content (AvgIpc) is 2.39. The zero-order chi connectivity index (χ0) is 16.4. The third-order valence-electron chi connectivity index (χ3n) is 2.44. The maximum atomic E-state index is 12.4. The van der Waals surface area contributed by atoms with Crippen molar-refractivity contribution in [2.75, 3.05) is 16.3 Å². The van der Waals surface area contributed by atoms with Crippen LogP contribution in [0.4, 0.5) is 30.5 Å². The van der Waals surface area contributed by atoms with Crippen LogP contribution in [0.5, 0.6) is 0 Å². The van der Waals surface area contributed by atoms with Crippen molar-refractivity contribution in [2.45, 2.75) is 6.18 Å². The van der Waals surface area contributed by atoms with Gasteiger partial charge in [0.2, 0.25) is 10.0 Å². The molecular weight excluding hydrogens is 321 g/mol. The van der Waals surface area contributed by atoms with Crippen LogP contribution >= 0.6 is 0 Å². The largest absolute Gasteiger partial charge is 0.416 e. The lowest BCUT2D eigenvalue weighted by Gasteiger charge is -2.09. The zero-order valence-corrected chi connectivity index (χ0v) is 12.0. The van der Waals surface area contributed by atoms with E-state index >= 15 is 0 Å². The number of hydrogen-bond donors (Lipinski definition) is 2. The van der Waals surface area contributed by atoms with Gasteiger partial charge >= 0.3 is 6.18 Å². The summed E-state index contributed by atoms with van der Waals surface area (Å²) in [6.07, 6.45) is -3.42. The summed E-state index contributed by atoms with van der Waals surface area (Å²) in [5.74, 6) is 0.305. The Bertz CT molecular complexity index is 743. The number of anilines is 3. The van der Waals surface area contributed by atoms with Crippen LogP contribution in [-0.2, 0) is 16.2 Å². The van der Waals surface area contributed by atoms with E-state index in [1.807, 2.05) is 0 Å². The number of alkyl halides is 3. The van der Waals surface area contributed by atoms with Crippen LogP contribution in [0.2, 0.25) is 0 Å². The lowest BCUT2D eigenvalue weighted by Crippen LogP contribution is -2.11. The molecule has 10 heteroatoms. The fraction of sp³-hybridized carbons (Fsp3) is 0.167. The Morgan fingerprint density at radius 3 is 1.95 bits per heavy atom. The summed E-state index contributed by atoms with van der Waals surface area (Å²) >= 11 is 0. The first-order chi connectivity index (χ1) is 10.1. The molecule has 2 N–H and O–H groups in total. The van der Waals surface area contributed by atoms with Crippen molar-refractivity contribution >= 4 is 27.3 Å². The number of rotatable bonds is 4. The van der Waals surface area contributed by atoms with Gasteiger partial charge < -0.3 is 5.32 Å². The second-order valence-electron chi connectivity index (χ2n) is 4.38. The van der Waals surface area contributed by atoms with Crippen molar-refractivity contribution in [3.05, 3.63) is 42.0 Å². The second-order valence-corrected chi connectivity index (χ2v) is 6.13. The van der Waals surface area contributed by atoms with Gasteiger partial charge in [-0.25, -0.2) is 8.42 Å². The summed E-state index contributed by atoms with van der Waals surface area (Å²) in [6, 6.07) is 7.21. The van der Waals surface area contributed by atoms with E-state index in [1.165, 1.54) is 24.3 Å². The van der Waals surface area contributed by atoms with Crippen molar-refractivity contribution < 1.29 is 21.6 Å². The van der Waals surface area contributed by atoms with Gasteiger partial charge in [0, 0.05) is 5.69 Å². The molecule has 0 saturated carbocycles. The first-order valence-electron chi connectivity index (χ1n) is 5.89. The van der Waals surface area contributed by atoms with Gasteiger partial charge in [-0.3, -0.25) is 4.72 Å². The summed E-state index contributed by atoms with van der Waals surface area (Å²) in [4.78, 5) is 0. The molecule has 0 aliphatic heterocycles. The molecule has 2 aromatic rings. The van der Waals surface area contributed by atoms with Crippen LogP contribution in [0, 0.1) is 0 Å². The quantitative estimate of drug-likeness (QED) is 0.899. The molecule has 0 fully saturated rings. The van der Waals surface area contributed by atoms with E-state index < -0.39 is 21.8 Å². The molecule has 0 amide bonds. The van der Waals surface area contributed by atoms with Crippen molar-refractivity contribution in [3.63, 3.8) is 0 Å². The number of benzene rings is 1. The first kappa shape index (κ1) is 16.0. The summed E-state index contributed by atoms with van der Waals surface area (Å²) in [5, 5.41) is 10.1. The fourth-order valence-corrected chi connectivity index (χ4v) is 2.02. The minimum absolute atomic E-state index is 0.0421. The summed E-state index contributed by atoms with van der Waals surface area (Å²) in [5.41, 5.74) is -0.358. The van der Waals surface area contributed by atoms with E-state index in [2.05, 4.69) is 20.2 Å². The highest BCUT2D eigenvalue weighted by molar-refractivity contribution is 7.92. The zero-order valence-electron chi connectivity index (χ0n) is 11.2. The molecule has 0 radical (unpaired) electrons. The molecule has 118 valence electrons. The molecule has 2 rings (SSSR count). The maximum absolute atomic E-state index is 12.4. The smallest absolute Gasteiger partial charge is 0.339 e. The fourth-order valence-electron chi connectivity index (χ4n) is 1.53. The number of aromatic nitrogens is 2. The Kier molecular flexibility index (Phi) is 4.22. The van der Waals surface area contributed by atoms with Crippen molar-refractivity contribution in [1.29, 1.82) is 0 Å². The van der Waals surface area contributed by atoms with E-state index in [-0.39, 0.29) is 11.6 Å². The summed E-state index contributed by atoms with van der Waals surface area (Å²) in [6.45, 7) is 0. The SMILES string of the molecule is CS(=O)(=O)Nc1ccc(Nc2ccc(C(F)(F)F)cc2)nn1. The highest BCUT2D eigenvalue weighted by atomic mass is 32.2. The highest BCUT2D eigenvalue weighted by Gasteiger charge is 2.29. The minimum atomic E-state index is -4.39. The van der Waals surface area contributed by atoms with Gasteiger partial charge in [0.05, 0.1) is 11.8 Å². The number of halogens is 3. The molecule has 0 spiro atoms. The topological polar surface area (TPSA) is 84.0 Å². The van der Waals surface area contributed by atoms with Gasteiger partial charge in [-0.05, 0) is 36.4 Å². The molecule has 22 heavy (non-hydrogen) atoms. The molecule has 0 aliphatic rings. The lowest BCUT2D eigenvalue weighted by atomic mass is 10.2. The van der Waals surface area contributed by atoms with Crippen LogP contribution < -0.4 is 10.0 Å². The Balaban J connectivity index is 2.08. The van der Waals surface area contributed by atoms with Crippen molar-refractivity contribution in [2.24, 2.45) is 0 Å². The molecule has 0 saturated heterocycles. The van der Waals surface area contributed by atoms with Crippen LogP contribution in [-0.4, -0.2) is 24.9 Å². The Hall–Kier alpha value is -2.36. The molecular formula is C12H11F3N4O2S. The molecule has 1 heterocycles. The van der Waals surface area contributed by atoms with Crippen molar-refractivity contribution in [1.82, 2.24) is 10.2 Å². The van der Waals surface area contributed by atoms with Gasteiger partial charge in [0.25, 0.3) is 0 Å². The molecule has 0 aliphatic carbocycles. The van der Waals surface area contributed by atoms with E-state index in [0.29, 0.717) is 5.69 Å². The lowest BCUT2D eigenvalue weighted by molar-refractivity contribution is -0.137. The van der Waals surface area contributed by atoms with Gasteiger partial charge in [-0.15, -0.1) is 10.2 Å². The van der Waals surface area contributed by atoms with Crippen LogP contribution in [0.3, 0.4) is 0 Å². The van der Waals surface area contributed by atoms with Gasteiger partial charge in [-0.2, -0.15) is 13.2 Å². The van der Waals surface area contributed by atoms with E-state index in [1.54, 1.807) is 0 Å². The maximum Gasteiger partial charge on any atom is 0.416 e. The second kappa shape index (κ2) is 5.79. The predicted molar refractivity (Wildman–Crippen MR) is 75.2 cm³/mol. The monoisotopic (exact) mass is 332 g/mol. The number of nitrogens with one attached hydrogen (secondary N) is 2. The summed E-state index contributed by atoms with van der Waals surface area (Å²) < 4.78 is 61.4. The standard InChI is InChI=1S/C12H11F3N4O2S/c1-22(20,21)19-11-7-6-10(17-18-11)16-9-4-2-8(3-5-9)12(13,14)15/h2-7H,1H3,(H,16,17)(H,18,19). The van der Waals surface area contributed by atoms with Crippen LogP contribution in [0.15, 0.2) is 36.4 Å². The molecule has 0 atom stereocenters. The normalized spacial score (nSPS) is 12.0. The number of hydrogen-bond acceptors (Lipinski definition) is 5. The predicted octanol–water partition coefficient (Wildman–Crippen LogP) is 2.61. The average molecular weight is 332 g/mol. The highest BCUT2D eigenvalue weighted by Crippen LogP contribution is 2.30. The van der Waals surface area contributed by atoms with Gasteiger partial charge in [-0.1, -0.05) is 0 Å². The first-order valence-corrected chi connectivity index (χ1v) is 7.78. The van der Waals surface area contributed by atoms with E-state index in [4.69, 9.17) is 0 Å². The van der Waals surface area contributed by atoms with E-state index in [0.717, 1.165) is 18.4 Å². The molecule has 0 bridgehead atoms. The van der Waals surface area contributed by atoms with Crippen LogP contribution in [0.25, 0.3) is 0 Å². The van der Waals surface area contributed by atoms with E-state index in [9.17, 15) is 21.6 Å².